The molecular formula is C24H24. The van der Waals surface area contributed by atoms with Crippen molar-refractivity contribution in [3.8, 4) is 0 Å². The van der Waals surface area contributed by atoms with Gasteiger partial charge in [0.05, 0.1) is 0 Å². The van der Waals surface area contributed by atoms with E-state index >= 15 is 0 Å². The van der Waals surface area contributed by atoms with Crippen LogP contribution in [0.5, 0.6) is 0 Å². The van der Waals surface area contributed by atoms with Gasteiger partial charge < -0.3 is 0 Å². The first-order chi connectivity index (χ1) is 11.9. The molecule has 0 bridgehead atoms. The molecule has 120 valence electrons. The Kier molecular flexibility index (Phi) is 3.26. The first-order valence-electron chi connectivity index (χ1n) is 9.42. The third-order valence-electron chi connectivity index (χ3n) is 6.59. The number of fused-ring (bicyclic) bond motifs is 2. The van der Waals surface area contributed by atoms with Gasteiger partial charge in [0.2, 0.25) is 0 Å². The number of benzene rings is 3. The Labute approximate surface area is 144 Å². The summed E-state index contributed by atoms with van der Waals surface area (Å²) in [6.45, 7) is 0. The van der Waals surface area contributed by atoms with Crippen molar-refractivity contribution < 1.29 is 0 Å². The molecule has 0 nitrogen and oxygen atoms in total. The second-order valence-electron chi connectivity index (χ2n) is 7.79. The van der Waals surface area contributed by atoms with E-state index in [-0.39, 0.29) is 0 Å². The largest absolute Gasteiger partial charge is 0.0620 e. The molecule has 0 saturated heterocycles. The average Bonchev–Trinajstić information content (AvgIpc) is 3.29. The van der Waals surface area contributed by atoms with Crippen molar-refractivity contribution in [1.82, 2.24) is 0 Å². The predicted molar refractivity (Wildman–Crippen MR) is 101 cm³/mol. The van der Waals surface area contributed by atoms with E-state index in [9.17, 15) is 0 Å². The molecule has 24 heavy (non-hydrogen) atoms. The molecule has 0 radical (unpaired) electrons. The fourth-order valence-electron chi connectivity index (χ4n) is 5.48. The quantitative estimate of drug-likeness (QED) is 0.539. The van der Waals surface area contributed by atoms with Gasteiger partial charge in [-0.05, 0) is 59.1 Å². The zero-order valence-electron chi connectivity index (χ0n) is 14.2. The van der Waals surface area contributed by atoms with E-state index in [1.807, 2.05) is 0 Å². The minimum Gasteiger partial charge on any atom is -0.0620 e. The van der Waals surface area contributed by atoms with Crippen LogP contribution in [0.1, 0.15) is 42.4 Å². The van der Waals surface area contributed by atoms with Crippen molar-refractivity contribution >= 4 is 10.8 Å². The van der Waals surface area contributed by atoms with Crippen molar-refractivity contribution in [2.75, 3.05) is 0 Å². The van der Waals surface area contributed by atoms with Crippen LogP contribution in [0.3, 0.4) is 0 Å². The Morgan fingerprint density at radius 2 is 1.29 bits per heavy atom. The zero-order valence-corrected chi connectivity index (χ0v) is 14.2. The van der Waals surface area contributed by atoms with Gasteiger partial charge in [-0.2, -0.15) is 0 Å². The van der Waals surface area contributed by atoms with Gasteiger partial charge in [-0.1, -0.05) is 79.6 Å². The highest BCUT2D eigenvalue weighted by Gasteiger charge is 2.46. The van der Waals surface area contributed by atoms with Crippen LogP contribution in [-0.4, -0.2) is 0 Å². The van der Waals surface area contributed by atoms with Crippen molar-refractivity contribution in [1.29, 1.82) is 0 Å². The Morgan fingerprint density at radius 1 is 0.667 bits per heavy atom. The summed E-state index contributed by atoms with van der Waals surface area (Å²) in [7, 11) is 0. The Balaban J connectivity index is 1.73. The fourth-order valence-corrected chi connectivity index (χ4v) is 5.48. The highest BCUT2D eigenvalue weighted by atomic mass is 14.5. The molecule has 3 aromatic carbocycles. The van der Waals surface area contributed by atoms with E-state index < -0.39 is 0 Å². The smallest absolute Gasteiger partial charge is 0.00682 e. The minimum absolute atomic E-state index is 0.307. The van der Waals surface area contributed by atoms with E-state index in [2.05, 4.69) is 66.7 Å². The summed E-state index contributed by atoms with van der Waals surface area (Å²) in [5, 5.41) is 2.86. The zero-order chi connectivity index (χ0) is 16.0. The summed E-state index contributed by atoms with van der Waals surface area (Å²) in [5.41, 5.74) is 5.07. The summed E-state index contributed by atoms with van der Waals surface area (Å²) < 4.78 is 0. The van der Waals surface area contributed by atoms with Crippen molar-refractivity contribution in [3.05, 3.63) is 83.4 Å². The Morgan fingerprint density at radius 3 is 2.04 bits per heavy atom. The van der Waals surface area contributed by atoms with E-state index in [4.69, 9.17) is 0 Å². The van der Waals surface area contributed by atoms with Gasteiger partial charge in [-0.15, -0.1) is 0 Å². The number of hydrogen-bond acceptors (Lipinski definition) is 0. The molecule has 0 heteroatoms. The van der Waals surface area contributed by atoms with Crippen LogP contribution in [0.25, 0.3) is 10.8 Å². The second kappa shape index (κ2) is 5.48. The van der Waals surface area contributed by atoms with Crippen molar-refractivity contribution in [2.45, 2.75) is 43.9 Å². The number of hydrogen-bond donors (Lipinski definition) is 0. The molecule has 0 spiro atoms. The van der Waals surface area contributed by atoms with Gasteiger partial charge in [0.25, 0.3) is 0 Å². The van der Waals surface area contributed by atoms with Gasteiger partial charge >= 0.3 is 0 Å². The number of rotatable bonds is 2. The van der Waals surface area contributed by atoms with Gasteiger partial charge in [-0.3, -0.25) is 0 Å². The molecule has 0 heterocycles. The molecule has 2 aliphatic carbocycles. The summed E-state index contributed by atoms with van der Waals surface area (Å²) in [4.78, 5) is 0. The van der Waals surface area contributed by atoms with Crippen molar-refractivity contribution in [3.63, 3.8) is 0 Å². The fraction of sp³-hybridized carbons (Fsp3) is 0.333. The van der Waals surface area contributed by atoms with E-state index in [1.165, 1.54) is 49.3 Å². The molecule has 0 unspecified atom stereocenters. The first-order valence-corrected chi connectivity index (χ1v) is 9.42. The van der Waals surface area contributed by atoms with Crippen LogP contribution >= 0.6 is 0 Å². The van der Waals surface area contributed by atoms with Gasteiger partial charge in [-0.25, -0.2) is 0 Å². The van der Waals surface area contributed by atoms with E-state index in [0.29, 0.717) is 5.41 Å². The maximum atomic E-state index is 2.42. The lowest BCUT2D eigenvalue weighted by Gasteiger charge is -2.37. The van der Waals surface area contributed by atoms with E-state index in [1.54, 1.807) is 16.7 Å². The SMILES string of the molecule is c1ccc2c(c1)CC(c1cccc3ccccc13)(C1CCCC1)C2. The third kappa shape index (κ3) is 2.05. The predicted octanol–water partition coefficient (Wildman–Crippen LogP) is 6.07. The highest BCUT2D eigenvalue weighted by molar-refractivity contribution is 5.87. The van der Waals surface area contributed by atoms with Crippen LogP contribution in [0, 0.1) is 5.92 Å². The topological polar surface area (TPSA) is 0 Å². The van der Waals surface area contributed by atoms with Crippen LogP contribution in [0.15, 0.2) is 66.7 Å². The molecular weight excluding hydrogens is 288 g/mol. The molecule has 1 fully saturated rings. The van der Waals surface area contributed by atoms with Crippen LogP contribution in [0.4, 0.5) is 0 Å². The molecule has 0 atom stereocenters. The average molecular weight is 312 g/mol. The van der Waals surface area contributed by atoms with Crippen LogP contribution in [-0.2, 0) is 18.3 Å². The maximum Gasteiger partial charge on any atom is 0.00682 e. The van der Waals surface area contributed by atoms with Gasteiger partial charge in [0, 0.05) is 5.41 Å². The van der Waals surface area contributed by atoms with Crippen LogP contribution < -0.4 is 0 Å². The van der Waals surface area contributed by atoms with Gasteiger partial charge in [0.1, 0.15) is 0 Å². The molecule has 0 aliphatic heterocycles. The molecule has 1 saturated carbocycles. The lowest BCUT2D eigenvalue weighted by Crippen LogP contribution is -2.35. The second-order valence-corrected chi connectivity index (χ2v) is 7.79. The van der Waals surface area contributed by atoms with Gasteiger partial charge in [0.15, 0.2) is 0 Å². The highest BCUT2D eigenvalue weighted by Crippen LogP contribution is 2.52. The third-order valence-corrected chi connectivity index (χ3v) is 6.59. The Hall–Kier alpha value is -2.08. The molecule has 2 aliphatic rings. The summed E-state index contributed by atoms with van der Waals surface area (Å²) >= 11 is 0. The minimum atomic E-state index is 0.307. The molecule has 0 amide bonds. The van der Waals surface area contributed by atoms with E-state index in [0.717, 1.165) is 5.92 Å². The molecule has 5 rings (SSSR count). The van der Waals surface area contributed by atoms with Crippen molar-refractivity contribution in [2.24, 2.45) is 5.92 Å². The molecule has 0 N–H and O–H groups in total. The van der Waals surface area contributed by atoms with Crippen LogP contribution in [0.2, 0.25) is 0 Å². The Bertz CT molecular complexity index is 853. The summed E-state index contributed by atoms with van der Waals surface area (Å²) in [6, 6.07) is 25.1. The molecule has 3 aromatic rings. The normalized spacial score (nSPS) is 19.7. The first kappa shape index (κ1) is 14.3. The maximum absolute atomic E-state index is 2.42. The molecule has 0 aromatic heterocycles. The summed E-state index contributed by atoms with van der Waals surface area (Å²) in [5.74, 6) is 0.829. The monoisotopic (exact) mass is 312 g/mol. The lowest BCUT2D eigenvalue weighted by atomic mass is 9.66. The lowest BCUT2D eigenvalue weighted by molar-refractivity contribution is 0.284. The standard InChI is InChI=1S/C24H24/c1-2-10-20-17-24(16-19(20)9-1,21-12-4-5-13-21)23-15-7-11-18-8-3-6-14-22(18)23/h1-3,6-11,14-15,21H,4-5,12-13,16-17H2. The summed E-state index contributed by atoms with van der Waals surface area (Å²) in [6.07, 6.45) is 8.07.